The van der Waals surface area contributed by atoms with Gasteiger partial charge in [0.15, 0.2) is 17.5 Å². The lowest BCUT2D eigenvalue weighted by molar-refractivity contribution is 0.0454. The second kappa shape index (κ2) is 6.71. The first kappa shape index (κ1) is 17.2. The molecule has 20 heavy (non-hydrogen) atoms. The van der Waals surface area contributed by atoms with Gasteiger partial charge in [0.2, 0.25) is 0 Å². The van der Waals surface area contributed by atoms with E-state index in [0.717, 1.165) is 12.1 Å². The number of benzene rings is 1. The topological polar surface area (TPSA) is 27.7 Å². The fourth-order valence-corrected chi connectivity index (χ4v) is 4.33. The van der Waals surface area contributed by atoms with Crippen molar-refractivity contribution < 1.29 is 26.4 Å². The molecule has 3 nitrogen and oxygen atoms in total. The minimum atomic E-state index is -3.50. The summed E-state index contributed by atoms with van der Waals surface area (Å²) in [6, 6.07) is 1.72. The quantitative estimate of drug-likeness (QED) is 0.597. The van der Waals surface area contributed by atoms with Gasteiger partial charge in [-0.2, -0.15) is 0 Å². The van der Waals surface area contributed by atoms with Crippen LogP contribution in [0.1, 0.15) is 27.7 Å². The lowest BCUT2D eigenvalue weighted by Gasteiger charge is -2.31. The van der Waals surface area contributed by atoms with Crippen molar-refractivity contribution in [1.82, 2.24) is 0 Å². The molecule has 1 aromatic rings. The van der Waals surface area contributed by atoms with Crippen LogP contribution in [0.15, 0.2) is 12.1 Å². The van der Waals surface area contributed by atoms with Crippen molar-refractivity contribution in [3.05, 3.63) is 29.6 Å². The Hall–Kier alpha value is -0.893. The van der Waals surface area contributed by atoms with Gasteiger partial charge in [-0.25, -0.2) is 13.2 Å². The molecular formula is C13H19F3O3Si. The van der Waals surface area contributed by atoms with E-state index >= 15 is 0 Å². The minimum absolute atomic E-state index is 0.0544. The van der Waals surface area contributed by atoms with Crippen molar-refractivity contribution in [3.63, 3.8) is 0 Å². The number of rotatable bonds is 6. The summed E-state index contributed by atoms with van der Waals surface area (Å²) in [5, 5.41) is 0.0544. The summed E-state index contributed by atoms with van der Waals surface area (Å²) in [5.41, 5.74) is 0. The molecule has 0 heterocycles. The average Bonchev–Trinajstić information content (AvgIpc) is 2.33. The van der Waals surface area contributed by atoms with Crippen LogP contribution >= 0.6 is 0 Å². The van der Waals surface area contributed by atoms with E-state index in [1.807, 2.05) is 0 Å². The fourth-order valence-electron chi connectivity index (χ4n) is 1.73. The van der Waals surface area contributed by atoms with Crippen LogP contribution in [0.4, 0.5) is 13.2 Å². The number of hydrogen-bond donors (Lipinski definition) is 0. The predicted octanol–water partition coefficient (Wildman–Crippen LogP) is 2.75. The van der Waals surface area contributed by atoms with Crippen LogP contribution in [-0.2, 0) is 13.3 Å². The third kappa shape index (κ3) is 3.82. The van der Waals surface area contributed by atoms with Crippen molar-refractivity contribution in [2.75, 3.05) is 7.11 Å². The fraction of sp³-hybridized carbons (Fsp3) is 0.538. The number of halogens is 3. The minimum Gasteiger partial charge on any atom is -0.373 e. The van der Waals surface area contributed by atoms with Crippen LogP contribution in [0, 0.1) is 17.5 Å². The highest BCUT2D eigenvalue weighted by atomic mass is 28.4. The van der Waals surface area contributed by atoms with Crippen molar-refractivity contribution in [2.45, 2.75) is 39.9 Å². The highest BCUT2D eigenvalue weighted by Crippen LogP contribution is 2.18. The van der Waals surface area contributed by atoms with E-state index in [0.29, 0.717) is 0 Å². The van der Waals surface area contributed by atoms with Crippen LogP contribution in [-0.4, -0.2) is 28.1 Å². The first-order valence-electron chi connectivity index (χ1n) is 6.27. The Labute approximate surface area is 118 Å². The second-order valence-electron chi connectivity index (χ2n) is 4.85. The Morgan fingerprint density at radius 3 is 1.60 bits per heavy atom. The maximum Gasteiger partial charge on any atom is 0.537 e. The average molecular weight is 308 g/mol. The first-order valence-corrected chi connectivity index (χ1v) is 8.00. The molecule has 114 valence electrons. The van der Waals surface area contributed by atoms with Gasteiger partial charge in [-0.15, -0.1) is 0 Å². The van der Waals surface area contributed by atoms with Gasteiger partial charge in [-0.3, -0.25) is 0 Å². The highest BCUT2D eigenvalue weighted by molar-refractivity contribution is 6.75. The van der Waals surface area contributed by atoms with E-state index in [4.69, 9.17) is 13.3 Å². The maximum atomic E-state index is 13.4. The van der Waals surface area contributed by atoms with Gasteiger partial charge in [0, 0.05) is 24.5 Å². The molecule has 0 N–H and O–H groups in total. The Bertz CT molecular complexity index is 433. The summed E-state index contributed by atoms with van der Waals surface area (Å²) in [7, 11) is -2.16. The van der Waals surface area contributed by atoms with Crippen LogP contribution in [0.3, 0.4) is 0 Å². The molecule has 0 amide bonds. The summed E-state index contributed by atoms with van der Waals surface area (Å²) in [4.78, 5) is 0. The van der Waals surface area contributed by atoms with Crippen LogP contribution < -0.4 is 5.19 Å². The van der Waals surface area contributed by atoms with E-state index in [1.54, 1.807) is 27.7 Å². The molecule has 0 saturated carbocycles. The lowest BCUT2D eigenvalue weighted by atomic mass is 10.3. The van der Waals surface area contributed by atoms with Gasteiger partial charge in [0.05, 0.1) is 0 Å². The van der Waals surface area contributed by atoms with Crippen LogP contribution in [0.5, 0.6) is 0 Å². The molecule has 1 aromatic carbocycles. The van der Waals surface area contributed by atoms with E-state index in [2.05, 4.69) is 0 Å². The zero-order valence-electron chi connectivity index (χ0n) is 12.2. The SMILES string of the molecule is CO[Si](OC(C)C)(OC(C)C)c1cc(F)c(F)c(F)c1. The normalized spacial score (nSPS) is 12.5. The standard InChI is InChI=1S/C13H19F3O3Si/c1-8(2)18-20(17-5,19-9(3)4)10-6-11(14)13(16)12(15)7-10/h6-9H,1-5H3. The molecule has 0 bridgehead atoms. The molecule has 0 fully saturated rings. The van der Waals surface area contributed by atoms with Gasteiger partial charge in [0.1, 0.15) is 0 Å². The molecule has 1 rings (SSSR count). The molecule has 0 unspecified atom stereocenters. The molecule has 0 spiro atoms. The lowest BCUT2D eigenvalue weighted by Crippen LogP contribution is -2.58. The molecular weight excluding hydrogens is 289 g/mol. The number of hydrogen-bond acceptors (Lipinski definition) is 3. The Morgan fingerprint density at radius 2 is 1.30 bits per heavy atom. The van der Waals surface area contributed by atoms with Crippen molar-refractivity contribution in [1.29, 1.82) is 0 Å². The smallest absolute Gasteiger partial charge is 0.373 e. The van der Waals surface area contributed by atoms with Crippen molar-refractivity contribution in [3.8, 4) is 0 Å². The zero-order valence-corrected chi connectivity index (χ0v) is 13.2. The Morgan fingerprint density at radius 1 is 0.900 bits per heavy atom. The summed E-state index contributed by atoms with van der Waals surface area (Å²) >= 11 is 0. The van der Waals surface area contributed by atoms with Gasteiger partial charge >= 0.3 is 8.80 Å². The third-order valence-corrected chi connectivity index (χ3v) is 5.48. The van der Waals surface area contributed by atoms with Crippen LogP contribution in [0.25, 0.3) is 0 Å². The summed E-state index contributed by atoms with van der Waals surface area (Å²) in [6.45, 7) is 7.00. The first-order chi connectivity index (χ1) is 9.21. The van der Waals surface area contributed by atoms with Gasteiger partial charge in [-0.05, 0) is 39.8 Å². The van der Waals surface area contributed by atoms with Crippen molar-refractivity contribution >= 4 is 14.0 Å². The second-order valence-corrected chi connectivity index (χ2v) is 7.42. The molecule has 0 aliphatic carbocycles. The van der Waals surface area contributed by atoms with Gasteiger partial charge in [0.25, 0.3) is 0 Å². The van der Waals surface area contributed by atoms with Crippen LogP contribution in [0.2, 0.25) is 0 Å². The largest absolute Gasteiger partial charge is 0.537 e. The van der Waals surface area contributed by atoms with E-state index in [9.17, 15) is 13.2 Å². The van der Waals surface area contributed by atoms with Gasteiger partial charge < -0.3 is 13.3 Å². The summed E-state index contributed by atoms with van der Waals surface area (Å²) < 4.78 is 56.6. The molecule has 7 heteroatoms. The highest BCUT2D eigenvalue weighted by Gasteiger charge is 2.46. The molecule has 0 atom stereocenters. The maximum absolute atomic E-state index is 13.4. The molecule has 0 radical (unpaired) electrons. The van der Waals surface area contributed by atoms with E-state index in [1.165, 1.54) is 7.11 Å². The molecule has 0 aromatic heterocycles. The third-order valence-electron chi connectivity index (χ3n) is 2.39. The summed E-state index contributed by atoms with van der Waals surface area (Å²) in [6.07, 6.45) is -0.562. The van der Waals surface area contributed by atoms with Crippen molar-refractivity contribution in [2.24, 2.45) is 0 Å². The Balaban J connectivity index is 3.35. The molecule has 0 aliphatic rings. The van der Waals surface area contributed by atoms with E-state index < -0.39 is 26.3 Å². The predicted molar refractivity (Wildman–Crippen MR) is 71.2 cm³/mol. The summed E-state index contributed by atoms with van der Waals surface area (Å²) in [5.74, 6) is -4.12. The monoisotopic (exact) mass is 308 g/mol. The molecule has 0 aliphatic heterocycles. The Kier molecular flexibility index (Phi) is 5.75. The van der Waals surface area contributed by atoms with E-state index in [-0.39, 0.29) is 17.4 Å². The molecule has 0 saturated heterocycles. The van der Waals surface area contributed by atoms with Gasteiger partial charge in [-0.1, -0.05) is 0 Å². The zero-order chi connectivity index (χ0) is 15.5.